The summed E-state index contributed by atoms with van der Waals surface area (Å²) in [6.45, 7) is 0.970. The molecule has 19 heavy (non-hydrogen) atoms. The first-order valence-electron chi connectivity index (χ1n) is 6.31. The van der Waals surface area contributed by atoms with E-state index in [1.165, 1.54) is 4.88 Å². The van der Waals surface area contributed by atoms with Crippen LogP contribution in [0.25, 0.3) is 0 Å². The van der Waals surface area contributed by atoms with Gasteiger partial charge >= 0.3 is 0 Å². The predicted octanol–water partition coefficient (Wildman–Crippen LogP) is 2.58. The summed E-state index contributed by atoms with van der Waals surface area (Å²) in [5.41, 5.74) is 5.84. The average molecular weight is 273 g/mol. The fourth-order valence-electron chi connectivity index (χ4n) is 2.55. The number of rotatable bonds is 3. The smallest absolute Gasteiger partial charge is 0.248 e. The van der Waals surface area contributed by atoms with Crippen LogP contribution < -0.4 is 10.6 Å². The Bertz CT molecular complexity index is 582. The number of nitrogens with zero attached hydrogens (tertiary/aromatic N) is 2. The number of hydrogen-bond acceptors (Lipinski definition) is 4. The number of carbonyl (C=O) groups is 1. The molecule has 0 unspecified atom stereocenters. The van der Waals surface area contributed by atoms with Gasteiger partial charge in [0.15, 0.2) is 0 Å². The van der Waals surface area contributed by atoms with Gasteiger partial charge in [-0.1, -0.05) is 6.07 Å². The van der Waals surface area contributed by atoms with Gasteiger partial charge in [0.05, 0.1) is 6.04 Å². The summed E-state index contributed by atoms with van der Waals surface area (Å²) in [4.78, 5) is 19.3. The maximum absolute atomic E-state index is 11.3. The molecule has 1 saturated heterocycles. The van der Waals surface area contributed by atoms with Gasteiger partial charge in [-0.3, -0.25) is 4.79 Å². The van der Waals surface area contributed by atoms with Crippen LogP contribution >= 0.6 is 11.3 Å². The molecule has 0 aromatic carbocycles. The normalized spacial score (nSPS) is 18.7. The molecule has 2 aromatic heterocycles. The van der Waals surface area contributed by atoms with Gasteiger partial charge in [0.2, 0.25) is 5.91 Å². The summed E-state index contributed by atoms with van der Waals surface area (Å²) in [5, 5.41) is 2.10. The highest BCUT2D eigenvalue weighted by Gasteiger charge is 2.27. The Balaban J connectivity index is 1.92. The van der Waals surface area contributed by atoms with Crippen LogP contribution in [0.2, 0.25) is 0 Å². The largest absolute Gasteiger partial charge is 0.366 e. The Morgan fingerprint density at radius 3 is 3.11 bits per heavy atom. The molecular weight excluding hydrogens is 258 g/mol. The molecule has 5 heteroatoms. The number of nitrogens with two attached hydrogens (primary N) is 1. The molecule has 0 radical (unpaired) electrons. The maximum Gasteiger partial charge on any atom is 0.248 e. The number of amides is 1. The van der Waals surface area contributed by atoms with Crippen LogP contribution in [0.5, 0.6) is 0 Å². The highest BCUT2D eigenvalue weighted by atomic mass is 32.1. The van der Waals surface area contributed by atoms with Gasteiger partial charge < -0.3 is 10.6 Å². The van der Waals surface area contributed by atoms with E-state index < -0.39 is 5.91 Å². The van der Waals surface area contributed by atoms with Crippen molar-refractivity contribution in [2.45, 2.75) is 18.9 Å². The Kier molecular flexibility index (Phi) is 3.21. The summed E-state index contributed by atoms with van der Waals surface area (Å²) in [6, 6.07) is 8.04. The second kappa shape index (κ2) is 5.01. The molecule has 0 bridgehead atoms. The van der Waals surface area contributed by atoms with Crippen molar-refractivity contribution in [3.05, 3.63) is 46.3 Å². The molecule has 1 aliphatic heterocycles. The summed E-state index contributed by atoms with van der Waals surface area (Å²) >= 11 is 1.77. The standard InChI is InChI=1S/C14H15N3OS/c15-14(18)10-5-6-16-13(9-10)17-7-1-3-11(17)12-4-2-8-19-12/h2,4-6,8-9,11H,1,3,7H2,(H2,15,18)/t11-/m0/s1. The summed E-state index contributed by atoms with van der Waals surface area (Å²) in [7, 11) is 0. The Labute approximate surface area is 115 Å². The van der Waals surface area contributed by atoms with Gasteiger partial charge in [-0.15, -0.1) is 11.3 Å². The lowest BCUT2D eigenvalue weighted by molar-refractivity contribution is 0.1000. The van der Waals surface area contributed by atoms with E-state index in [1.54, 1.807) is 29.7 Å². The van der Waals surface area contributed by atoms with Crippen LogP contribution in [0.1, 0.15) is 34.1 Å². The lowest BCUT2D eigenvalue weighted by Gasteiger charge is -2.25. The molecule has 3 rings (SSSR count). The molecule has 0 saturated carbocycles. The number of carbonyl (C=O) groups excluding carboxylic acids is 1. The molecule has 3 heterocycles. The van der Waals surface area contributed by atoms with E-state index in [2.05, 4.69) is 27.4 Å². The quantitative estimate of drug-likeness (QED) is 0.935. The van der Waals surface area contributed by atoms with Crippen molar-refractivity contribution in [2.24, 2.45) is 5.73 Å². The van der Waals surface area contributed by atoms with Gasteiger partial charge in [-0.05, 0) is 36.4 Å². The Morgan fingerprint density at radius 1 is 1.47 bits per heavy atom. The monoisotopic (exact) mass is 273 g/mol. The number of thiophene rings is 1. The predicted molar refractivity (Wildman–Crippen MR) is 76.4 cm³/mol. The van der Waals surface area contributed by atoms with Gasteiger partial charge in [0, 0.05) is 23.2 Å². The van der Waals surface area contributed by atoms with Crippen molar-refractivity contribution in [3.63, 3.8) is 0 Å². The number of aromatic nitrogens is 1. The van der Waals surface area contributed by atoms with Crippen molar-refractivity contribution < 1.29 is 4.79 Å². The lowest BCUT2D eigenvalue weighted by Crippen LogP contribution is -2.23. The van der Waals surface area contributed by atoms with E-state index in [0.29, 0.717) is 11.6 Å². The topological polar surface area (TPSA) is 59.2 Å². The zero-order chi connectivity index (χ0) is 13.2. The van der Waals surface area contributed by atoms with Gasteiger partial charge in [0.25, 0.3) is 0 Å². The number of pyridine rings is 1. The third-order valence-corrected chi connectivity index (χ3v) is 4.42. The minimum absolute atomic E-state index is 0.371. The molecule has 0 spiro atoms. The molecule has 1 atom stereocenters. The molecule has 2 aromatic rings. The van der Waals surface area contributed by atoms with Crippen LogP contribution in [0, 0.1) is 0 Å². The van der Waals surface area contributed by atoms with Crippen molar-refractivity contribution in [3.8, 4) is 0 Å². The number of hydrogen-bond donors (Lipinski definition) is 1. The minimum Gasteiger partial charge on any atom is -0.366 e. The lowest BCUT2D eigenvalue weighted by atomic mass is 10.2. The van der Waals surface area contributed by atoms with E-state index in [4.69, 9.17) is 5.73 Å². The van der Waals surface area contributed by atoms with Crippen LogP contribution in [0.15, 0.2) is 35.8 Å². The van der Waals surface area contributed by atoms with E-state index in [9.17, 15) is 4.79 Å². The van der Waals surface area contributed by atoms with E-state index in [0.717, 1.165) is 25.2 Å². The highest BCUT2D eigenvalue weighted by molar-refractivity contribution is 7.10. The van der Waals surface area contributed by atoms with E-state index in [1.807, 2.05) is 0 Å². The third-order valence-electron chi connectivity index (χ3n) is 3.45. The zero-order valence-corrected chi connectivity index (χ0v) is 11.3. The molecule has 2 N–H and O–H groups in total. The van der Waals surface area contributed by atoms with Crippen molar-refractivity contribution >= 4 is 23.1 Å². The minimum atomic E-state index is -0.407. The summed E-state index contributed by atoms with van der Waals surface area (Å²) in [5.74, 6) is 0.433. The molecule has 4 nitrogen and oxygen atoms in total. The van der Waals surface area contributed by atoms with Crippen LogP contribution in [0.3, 0.4) is 0 Å². The molecule has 1 aliphatic rings. The Hall–Kier alpha value is -1.88. The Morgan fingerprint density at radius 2 is 2.37 bits per heavy atom. The van der Waals surface area contributed by atoms with Gasteiger partial charge in [-0.25, -0.2) is 4.98 Å². The first kappa shape index (κ1) is 12.2. The first-order valence-corrected chi connectivity index (χ1v) is 7.19. The molecule has 1 amide bonds. The molecule has 0 aliphatic carbocycles. The molecule has 98 valence electrons. The number of primary amides is 1. The maximum atomic E-state index is 11.3. The SMILES string of the molecule is NC(=O)c1ccnc(N2CCC[C@H]2c2cccs2)c1. The summed E-state index contributed by atoms with van der Waals surface area (Å²) < 4.78 is 0. The second-order valence-electron chi connectivity index (χ2n) is 4.63. The molecule has 1 fully saturated rings. The zero-order valence-electron chi connectivity index (χ0n) is 10.5. The van der Waals surface area contributed by atoms with Crippen LogP contribution in [-0.2, 0) is 0 Å². The van der Waals surface area contributed by atoms with Crippen LogP contribution in [0.4, 0.5) is 5.82 Å². The van der Waals surface area contributed by atoms with Crippen LogP contribution in [-0.4, -0.2) is 17.4 Å². The van der Waals surface area contributed by atoms with Crippen molar-refractivity contribution in [1.29, 1.82) is 0 Å². The third kappa shape index (κ3) is 2.33. The summed E-state index contributed by atoms with van der Waals surface area (Å²) in [6.07, 6.45) is 3.92. The van der Waals surface area contributed by atoms with Gasteiger partial charge in [-0.2, -0.15) is 0 Å². The van der Waals surface area contributed by atoms with E-state index >= 15 is 0 Å². The fraction of sp³-hybridized carbons (Fsp3) is 0.286. The first-order chi connectivity index (χ1) is 9.25. The molecular formula is C14H15N3OS. The second-order valence-corrected chi connectivity index (χ2v) is 5.61. The fourth-order valence-corrected chi connectivity index (χ4v) is 3.42. The van der Waals surface area contributed by atoms with E-state index in [-0.39, 0.29) is 0 Å². The average Bonchev–Trinajstić information content (AvgIpc) is 3.09. The highest BCUT2D eigenvalue weighted by Crippen LogP contribution is 2.37. The van der Waals surface area contributed by atoms with Crippen molar-refractivity contribution in [1.82, 2.24) is 4.98 Å². The number of anilines is 1. The van der Waals surface area contributed by atoms with Crippen molar-refractivity contribution in [2.75, 3.05) is 11.4 Å². The van der Waals surface area contributed by atoms with Gasteiger partial charge in [0.1, 0.15) is 5.82 Å².